The van der Waals surface area contributed by atoms with Crippen LogP contribution in [-0.2, 0) is 13.0 Å². The zero-order valence-corrected chi connectivity index (χ0v) is 9.74. The second-order valence-corrected chi connectivity index (χ2v) is 3.68. The van der Waals surface area contributed by atoms with Crippen LogP contribution in [0.2, 0.25) is 0 Å². The molecule has 4 nitrogen and oxygen atoms in total. The van der Waals surface area contributed by atoms with Crippen LogP contribution in [0.3, 0.4) is 0 Å². The molecule has 0 aliphatic heterocycles. The molecule has 0 amide bonds. The molecule has 0 aliphatic carbocycles. The average molecular weight is 236 g/mol. The van der Waals surface area contributed by atoms with E-state index in [0.717, 1.165) is 5.56 Å². The van der Waals surface area contributed by atoms with Crippen LogP contribution in [0, 0.1) is 12.7 Å². The van der Waals surface area contributed by atoms with Gasteiger partial charge in [-0.3, -0.25) is 0 Å². The van der Waals surface area contributed by atoms with Gasteiger partial charge in [0.05, 0.1) is 0 Å². The second kappa shape index (κ2) is 4.95. The lowest BCUT2D eigenvalue weighted by atomic mass is 10.2. The number of ether oxygens (including phenoxy) is 1. The van der Waals surface area contributed by atoms with E-state index in [9.17, 15) is 4.39 Å². The quantitative estimate of drug-likeness (QED) is 0.818. The molecule has 1 aromatic carbocycles. The molecule has 0 saturated carbocycles. The fourth-order valence-electron chi connectivity index (χ4n) is 1.35. The largest absolute Gasteiger partial charge is 0.481 e. The third-order valence-corrected chi connectivity index (χ3v) is 2.26. The number of benzene rings is 1. The van der Waals surface area contributed by atoms with Gasteiger partial charge in [0, 0.05) is 6.42 Å². The maximum Gasteiger partial charge on any atom is 0.264 e. The highest BCUT2D eigenvalue weighted by Crippen LogP contribution is 2.19. The first kappa shape index (κ1) is 11.6. The minimum absolute atomic E-state index is 0.0768. The predicted octanol–water partition coefficient (Wildman–Crippen LogP) is 2.66. The van der Waals surface area contributed by atoms with Crippen LogP contribution in [0.25, 0.3) is 0 Å². The maximum absolute atomic E-state index is 13.4. The highest BCUT2D eigenvalue weighted by Gasteiger charge is 2.08. The van der Waals surface area contributed by atoms with Crippen LogP contribution in [0.5, 0.6) is 5.75 Å². The van der Waals surface area contributed by atoms with Crippen molar-refractivity contribution in [1.82, 2.24) is 10.1 Å². The van der Waals surface area contributed by atoms with Gasteiger partial charge in [-0.05, 0) is 24.6 Å². The molecule has 0 unspecified atom stereocenters. The fourth-order valence-corrected chi connectivity index (χ4v) is 1.35. The Morgan fingerprint density at radius 1 is 1.41 bits per heavy atom. The number of rotatable bonds is 4. The van der Waals surface area contributed by atoms with Crippen molar-refractivity contribution in [1.29, 1.82) is 0 Å². The summed E-state index contributed by atoms with van der Waals surface area (Å²) in [6.07, 6.45) is 0.697. The molecule has 0 radical (unpaired) electrons. The van der Waals surface area contributed by atoms with E-state index < -0.39 is 5.82 Å². The van der Waals surface area contributed by atoms with Crippen molar-refractivity contribution in [3.8, 4) is 5.75 Å². The van der Waals surface area contributed by atoms with Crippen molar-refractivity contribution in [2.45, 2.75) is 26.9 Å². The normalized spacial score (nSPS) is 10.5. The first-order chi connectivity index (χ1) is 8.19. The van der Waals surface area contributed by atoms with Crippen molar-refractivity contribution < 1.29 is 13.7 Å². The van der Waals surface area contributed by atoms with Crippen LogP contribution >= 0.6 is 0 Å². The number of nitrogens with zero attached hydrogens (tertiary/aromatic N) is 2. The van der Waals surface area contributed by atoms with Gasteiger partial charge in [-0.1, -0.05) is 18.1 Å². The van der Waals surface area contributed by atoms with Gasteiger partial charge in [0.25, 0.3) is 5.89 Å². The summed E-state index contributed by atoms with van der Waals surface area (Å²) in [5.41, 5.74) is 0.932. The molecule has 0 saturated heterocycles. The van der Waals surface area contributed by atoms with Crippen molar-refractivity contribution in [2.75, 3.05) is 0 Å². The number of aromatic nitrogens is 2. The van der Waals surface area contributed by atoms with E-state index in [4.69, 9.17) is 9.26 Å². The fraction of sp³-hybridized carbons (Fsp3) is 0.333. The molecule has 0 aliphatic rings. The Kier molecular flexibility index (Phi) is 3.37. The van der Waals surface area contributed by atoms with Crippen LogP contribution in [0.4, 0.5) is 4.39 Å². The molecule has 2 aromatic rings. The van der Waals surface area contributed by atoms with E-state index in [2.05, 4.69) is 10.1 Å². The zero-order chi connectivity index (χ0) is 12.3. The van der Waals surface area contributed by atoms with Crippen LogP contribution < -0.4 is 4.74 Å². The molecule has 1 aromatic heterocycles. The van der Waals surface area contributed by atoms with Crippen molar-refractivity contribution in [2.24, 2.45) is 0 Å². The Labute approximate surface area is 98.4 Å². The lowest BCUT2D eigenvalue weighted by molar-refractivity contribution is 0.234. The molecule has 17 heavy (non-hydrogen) atoms. The van der Waals surface area contributed by atoms with Crippen LogP contribution in [0.1, 0.15) is 24.2 Å². The van der Waals surface area contributed by atoms with E-state index in [-0.39, 0.29) is 12.4 Å². The average Bonchev–Trinajstić information content (AvgIpc) is 2.78. The summed E-state index contributed by atoms with van der Waals surface area (Å²) < 4.78 is 23.6. The summed E-state index contributed by atoms with van der Waals surface area (Å²) >= 11 is 0. The number of hydrogen-bond donors (Lipinski definition) is 0. The smallest absolute Gasteiger partial charge is 0.264 e. The third kappa shape index (κ3) is 2.81. The van der Waals surface area contributed by atoms with Gasteiger partial charge in [-0.2, -0.15) is 4.98 Å². The monoisotopic (exact) mass is 236 g/mol. The van der Waals surface area contributed by atoms with Crippen molar-refractivity contribution in [3.05, 3.63) is 41.3 Å². The van der Waals surface area contributed by atoms with Gasteiger partial charge in [0.2, 0.25) is 0 Å². The van der Waals surface area contributed by atoms with Crippen molar-refractivity contribution in [3.63, 3.8) is 0 Å². The summed E-state index contributed by atoms with van der Waals surface area (Å²) in [4.78, 5) is 4.07. The van der Waals surface area contributed by atoms with Gasteiger partial charge in [-0.25, -0.2) is 4.39 Å². The molecule has 0 atom stereocenters. The van der Waals surface area contributed by atoms with Gasteiger partial charge in [-0.15, -0.1) is 0 Å². The zero-order valence-electron chi connectivity index (χ0n) is 9.74. The molecule has 5 heteroatoms. The highest BCUT2D eigenvalue weighted by atomic mass is 19.1. The topological polar surface area (TPSA) is 48.2 Å². The summed E-state index contributed by atoms with van der Waals surface area (Å²) in [6, 6.07) is 4.69. The molecular formula is C12H13FN2O2. The van der Waals surface area contributed by atoms with Gasteiger partial charge < -0.3 is 9.26 Å². The first-order valence-electron chi connectivity index (χ1n) is 5.39. The Bertz CT molecular complexity index is 511. The Morgan fingerprint density at radius 3 is 2.94 bits per heavy atom. The van der Waals surface area contributed by atoms with Crippen molar-refractivity contribution >= 4 is 0 Å². The molecule has 90 valence electrons. The molecule has 0 fully saturated rings. The van der Waals surface area contributed by atoms with E-state index in [1.54, 1.807) is 12.1 Å². The second-order valence-electron chi connectivity index (χ2n) is 3.68. The minimum atomic E-state index is -0.397. The minimum Gasteiger partial charge on any atom is -0.481 e. The van der Waals surface area contributed by atoms with E-state index in [1.807, 2.05) is 13.8 Å². The van der Waals surface area contributed by atoms with Gasteiger partial charge in [0.1, 0.15) is 0 Å². The third-order valence-electron chi connectivity index (χ3n) is 2.26. The Hall–Kier alpha value is -1.91. The molecule has 2 rings (SSSR count). The molecule has 1 heterocycles. The molecular weight excluding hydrogens is 223 g/mol. The maximum atomic E-state index is 13.4. The Morgan fingerprint density at radius 2 is 2.24 bits per heavy atom. The molecule has 0 spiro atoms. The van der Waals surface area contributed by atoms with E-state index in [0.29, 0.717) is 18.1 Å². The number of hydrogen-bond acceptors (Lipinski definition) is 4. The van der Waals surface area contributed by atoms with Crippen LogP contribution in [0.15, 0.2) is 22.7 Å². The van der Waals surface area contributed by atoms with Gasteiger partial charge in [0.15, 0.2) is 24.0 Å². The summed E-state index contributed by atoms with van der Waals surface area (Å²) in [5, 5.41) is 3.73. The van der Waals surface area contributed by atoms with E-state index in [1.165, 1.54) is 6.07 Å². The standard InChI is InChI=1S/C12H13FN2O2/c1-3-11-14-12(17-15-11)7-16-10-6-8(2)4-5-9(10)13/h4-6H,3,7H2,1-2H3. The van der Waals surface area contributed by atoms with E-state index >= 15 is 0 Å². The lowest BCUT2D eigenvalue weighted by Crippen LogP contribution is -1.98. The number of halogens is 1. The first-order valence-corrected chi connectivity index (χ1v) is 5.39. The summed E-state index contributed by atoms with van der Waals surface area (Å²) in [6.45, 7) is 3.87. The molecule has 0 bridgehead atoms. The summed E-state index contributed by atoms with van der Waals surface area (Å²) in [5.74, 6) is 0.767. The number of aryl methyl sites for hydroxylation is 2. The van der Waals surface area contributed by atoms with Crippen LogP contribution in [-0.4, -0.2) is 10.1 Å². The molecule has 0 N–H and O–H groups in total. The highest BCUT2D eigenvalue weighted by molar-refractivity contribution is 5.29. The predicted molar refractivity (Wildman–Crippen MR) is 59.1 cm³/mol. The lowest BCUT2D eigenvalue weighted by Gasteiger charge is -2.05. The van der Waals surface area contributed by atoms with Gasteiger partial charge >= 0.3 is 0 Å². The summed E-state index contributed by atoms with van der Waals surface area (Å²) in [7, 11) is 0. The Balaban J connectivity index is 2.04. The SMILES string of the molecule is CCc1noc(COc2cc(C)ccc2F)n1.